The molecule has 0 amide bonds. The molecule has 1 nitrogen and oxygen atoms in total. The Labute approximate surface area is 88.5 Å². The van der Waals surface area contributed by atoms with Gasteiger partial charge in [0.25, 0.3) is 0 Å². The summed E-state index contributed by atoms with van der Waals surface area (Å²) in [5.41, 5.74) is 0.591. The molecule has 4 heteroatoms. The molecule has 0 radical (unpaired) electrons. The summed E-state index contributed by atoms with van der Waals surface area (Å²) in [5, 5.41) is 9.85. The molecular weight excluding hydrogens is 298 g/mol. The van der Waals surface area contributed by atoms with Gasteiger partial charge in [0.15, 0.2) is 0 Å². The lowest BCUT2D eigenvalue weighted by Gasteiger charge is -2.03. The molecule has 0 aliphatic heterocycles. The van der Waals surface area contributed by atoms with Crippen LogP contribution in [0.2, 0.25) is 10.0 Å². The largest absolute Gasteiger partial charge is 0.392 e. The average molecular weight is 303 g/mol. The van der Waals surface area contributed by atoms with Gasteiger partial charge >= 0.3 is 0 Å². The lowest BCUT2D eigenvalue weighted by molar-refractivity contribution is 0.282. The molecule has 1 rings (SSSR count). The van der Waals surface area contributed by atoms with Gasteiger partial charge in [-0.25, -0.2) is 0 Å². The lowest BCUT2D eigenvalue weighted by Crippen LogP contribution is -1.87. The van der Waals surface area contributed by atoms with Crippen molar-refractivity contribution in [1.29, 1.82) is 0 Å². The van der Waals surface area contributed by atoms with E-state index in [0.29, 0.717) is 15.6 Å². The highest BCUT2D eigenvalue weighted by molar-refractivity contribution is 14.1. The molecule has 60 valence electrons. The molecule has 0 aromatic heterocycles. The Balaban J connectivity index is 3.25. The molecule has 0 fully saturated rings. The summed E-state index contributed by atoms with van der Waals surface area (Å²) in [6.07, 6.45) is 0. The monoisotopic (exact) mass is 302 g/mol. The lowest BCUT2D eigenvalue weighted by atomic mass is 10.2. The number of hydrogen-bond acceptors (Lipinski definition) is 1. The van der Waals surface area contributed by atoms with Crippen molar-refractivity contribution in [2.75, 3.05) is 0 Å². The third-order valence-electron chi connectivity index (χ3n) is 1.26. The van der Waals surface area contributed by atoms with Gasteiger partial charge < -0.3 is 5.11 Å². The van der Waals surface area contributed by atoms with Gasteiger partial charge in [-0.05, 0) is 34.7 Å². The average Bonchev–Trinajstić information content (AvgIpc) is 1.85. The quantitative estimate of drug-likeness (QED) is 0.791. The zero-order chi connectivity index (χ0) is 8.43. The van der Waals surface area contributed by atoms with Gasteiger partial charge in [0.1, 0.15) is 0 Å². The Morgan fingerprint density at radius 3 is 2.09 bits per heavy atom. The van der Waals surface area contributed by atoms with E-state index >= 15 is 0 Å². The smallest absolute Gasteiger partial charge is 0.0711 e. The number of aliphatic hydroxyl groups is 1. The van der Waals surface area contributed by atoms with E-state index in [1.165, 1.54) is 0 Å². The Bertz CT molecular complexity index is 252. The first-order valence-corrected chi connectivity index (χ1v) is 4.73. The van der Waals surface area contributed by atoms with Crippen molar-refractivity contribution in [3.8, 4) is 0 Å². The number of rotatable bonds is 1. The van der Waals surface area contributed by atoms with Crippen LogP contribution in [-0.2, 0) is 6.61 Å². The van der Waals surface area contributed by atoms with Gasteiger partial charge in [-0.15, -0.1) is 0 Å². The highest BCUT2D eigenvalue weighted by Crippen LogP contribution is 2.26. The summed E-state index contributed by atoms with van der Waals surface area (Å²) in [7, 11) is 0. The predicted molar refractivity (Wildman–Crippen MR) is 55.1 cm³/mol. The van der Waals surface area contributed by atoms with Gasteiger partial charge in [0.05, 0.1) is 6.61 Å². The van der Waals surface area contributed by atoms with Crippen molar-refractivity contribution in [1.82, 2.24) is 0 Å². The summed E-state index contributed by atoms with van der Waals surface area (Å²) >= 11 is 13.7. The molecule has 0 aliphatic rings. The van der Waals surface area contributed by atoms with Gasteiger partial charge in [-0.1, -0.05) is 23.2 Å². The number of hydrogen-bond donors (Lipinski definition) is 1. The van der Waals surface area contributed by atoms with E-state index < -0.39 is 0 Å². The van der Waals surface area contributed by atoms with Gasteiger partial charge in [-0.3, -0.25) is 0 Å². The molecule has 0 atom stereocenters. The molecule has 0 aliphatic carbocycles. The summed E-state index contributed by atoms with van der Waals surface area (Å²) in [6.45, 7) is -0.116. The zero-order valence-electron chi connectivity index (χ0n) is 5.44. The maximum atomic E-state index is 8.82. The number of benzene rings is 1. The first-order valence-electron chi connectivity index (χ1n) is 2.89. The predicted octanol–water partition coefficient (Wildman–Crippen LogP) is 3.09. The molecule has 0 saturated carbocycles. The molecule has 0 saturated heterocycles. The summed E-state index contributed by atoms with van der Waals surface area (Å²) in [5.74, 6) is 0. The molecule has 1 aromatic rings. The maximum absolute atomic E-state index is 8.82. The van der Waals surface area contributed by atoms with Crippen molar-refractivity contribution in [3.63, 3.8) is 0 Å². The molecule has 11 heavy (non-hydrogen) atoms. The van der Waals surface area contributed by atoms with Crippen molar-refractivity contribution in [2.24, 2.45) is 0 Å². The molecule has 0 unspecified atom stereocenters. The second-order valence-electron chi connectivity index (χ2n) is 2.01. The van der Waals surface area contributed by atoms with Crippen LogP contribution in [0.25, 0.3) is 0 Å². The molecule has 0 heterocycles. The van der Waals surface area contributed by atoms with E-state index in [-0.39, 0.29) is 6.61 Å². The molecular formula is C7H5Cl2IO. The SMILES string of the molecule is OCc1c(Cl)cc(I)cc1Cl. The maximum Gasteiger partial charge on any atom is 0.0711 e. The fourth-order valence-electron chi connectivity index (χ4n) is 0.723. The van der Waals surface area contributed by atoms with Crippen LogP contribution in [0, 0.1) is 3.57 Å². The molecule has 0 spiro atoms. The molecule has 1 aromatic carbocycles. The van der Waals surface area contributed by atoms with E-state index in [1.54, 1.807) is 12.1 Å². The van der Waals surface area contributed by atoms with Gasteiger partial charge in [0, 0.05) is 19.2 Å². The number of halogens is 3. The van der Waals surface area contributed by atoms with Crippen molar-refractivity contribution >= 4 is 45.8 Å². The first-order chi connectivity index (χ1) is 5.15. The van der Waals surface area contributed by atoms with Crippen LogP contribution in [-0.4, -0.2) is 5.11 Å². The van der Waals surface area contributed by atoms with Crippen LogP contribution in [0.5, 0.6) is 0 Å². The second kappa shape index (κ2) is 3.94. The fourth-order valence-corrected chi connectivity index (χ4v) is 2.32. The number of aliphatic hydroxyl groups excluding tert-OH is 1. The van der Waals surface area contributed by atoms with Crippen LogP contribution in [0.4, 0.5) is 0 Å². The van der Waals surface area contributed by atoms with E-state index in [4.69, 9.17) is 28.3 Å². The normalized spacial score (nSPS) is 10.2. The van der Waals surface area contributed by atoms with Crippen molar-refractivity contribution in [3.05, 3.63) is 31.3 Å². The van der Waals surface area contributed by atoms with Crippen LogP contribution >= 0.6 is 45.8 Å². The minimum Gasteiger partial charge on any atom is -0.392 e. The Morgan fingerprint density at radius 1 is 1.27 bits per heavy atom. The molecule has 1 N–H and O–H groups in total. The van der Waals surface area contributed by atoms with E-state index in [2.05, 4.69) is 22.6 Å². The van der Waals surface area contributed by atoms with E-state index in [9.17, 15) is 0 Å². The summed E-state index contributed by atoms with van der Waals surface area (Å²) < 4.78 is 0.967. The van der Waals surface area contributed by atoms with Crippen LogP contribution < -0.4 is 0 Å². The van der Waals surface area contributed by atoms with Gasteiger partial charge in [0.2, 0.25) is 0 Å². The fraction of sp³-hybridized carbons (Fsp3) is 0.143. The summed E-state index contributed by atoms with van der Waals surface area (Å²) in [6, 6.07) is 3.53. The standard InChI is InChI=1S/C7H5Cl2IO/c8-6-1-4(10)2-7(9)5(6)3-11/h1-2,11H,3H2. The third kappa shape index (κ3) is 2.21. The Morgan fingerprint density at radius 2 is 1.73 bits per heavy atom. The zero-order valence-corrected chi connectivity index (χ0v) is 9.11. The van der Waals surface area contributed by atoms with Crippen LogP contribution in [0.3, 0.4) is 0 Å². The highest BCUT2D eigenvalue weighted by Gasteiger charge is 2.04. The Hall–Kier alpha value is 0.490. The highest BCUT2D eigenvalue weighted by atomic mass is 127. The molecule has 0 bridgehead atoms. The Kier molecular flexibility index (Phi) is 3.43. The van der Waals surface area contributed by atoms with Crippen molar-refractivity contribution < 1.29 is 5.11 Å². The first kappa shape index (κ1) is 9.58. The van der Waals surface area contributed by atoms with E-state index in [0.717, 1.165) is 3.57 Å². The van der Waals surface area contributed by atoms with Crippen LogP contribution in [0.1, 0.15) is 5.56 Å². The van der Waals surface area contributed by atoms with Gasteiger partial charge in [-0.2, -0.15) is 0 Å². The minimum absolute atomic E-state index is 0.116. The topological polar surface area (TPSA) is 20.2 Å². The van der Waals surface area contributed by atoms with Crippen LogP contribution in [0.15, 0.2) is 12.1 Å². The summed E-state index contributed by atoms with van der Waals surface area (Å²) in [4.78, 5) is 0. The van der Waals surface area contributed by atoms with E-state index in [1.807, 2.05) is 0 Å². The minimum atomic E-state index is -0.116. The van der Waals surface area contributed by atoms with Crippen molar-refractivity contribution in [2.45, 2.75) is 6.61 Å². The second-order valence-corrected chi connectivity index (χ2v) is 4.07. The third-order valence-corrected chi connectivity index (χ3v) is 2.56.